The van der Waals surface area contributed by atoms with Gasteiger partial charge in [-0.25, -0.2) is 0 Å². The molecule has 0 spiro atoms. The number of amides is 1. The first-order valence-electron chi connectivity index (χ1n) is 3.94. The van der Waals surface area contributed by atoms with E-state index in [4.69, 9.17) is 22.1 Å². The Morgan fingerprint density at radius 3 is 2.86 bits per heavy atom. The Kier molecular flexibility index (Phi) is 3.54. The summed E-state index contributed by atoms with van der Waals surface area (Å²) < 4.78 is 5.07. The maximum Gasteiger partial charge on any atom is 0.241 e. The number of hydrogen-bond acceptors (Lipinski definition) is 2. The molecule has 1 rings (SSSR count). The number of carbonyl (C=O) groups excluding carboxylic acids is 1. The molecule has 0 unspecified atom stereocenters. The van der Waals surface area contributed by atoms with Crippen LogP contribution in [0.1, 0.15) is 5.56 Å². The van der Waals surface area contributed by atoms with Gasteiger partial charge in [-0.1, -0.05) is 11.6 Å². The molecule has 2 N–H and O–H groups in total. The van der Waals surface area contributed by atoms with Crippen LogP contribution < -0.4 is 10.5 Å². The van der Waals surface area contributed by atoms with Gasteiger partial charge < -0.3 is 10.5 Å². The highest BCUT2D eigenvalue weighted by atomic mass is 35.5. The summed E-state index contributed by atoms with van der Waals surface area (Å²) in [5, 5.41) is 0.582. The highest BCUT2D eigenvalue weighted by molar-refractivity contribution is 6.30. The van der Waals surface area contributed by atoms with Crippen molar-refractivity contribution in [2.75, 3.05) is 7.11 Å². The second-order valence-corrected chi connectivity index (χ2v) is 3.06. The summed E-state index contributed by atoms with van der Waals surface area (Å²) in [6.07, 6.45) is 2.85. The minimum Gasteiger partial charge on any atom is -0.496 e. The molecule has 0 bridgehead atoms. The van der Waals surface area contributed by atoms with Crippen LogP contribution in [0.3, 0.4) is 0 Å². The molecule has 3 nitrogen and oxygen atoms in total. The fourth-order valence-electron chi connectivity index (χ4n) is 0.995. The van der Waals surface area contributed by atoms with Crippen molar-refractivity contribution in [3.63, 3.8) is 0 Å². The van der Waals surface area contributed by atoms with Gasteiger partial charge in [0.05, 0.1) is 7.11 Å². The minimum atomic E-state index is -0.498. The molecule has 0 aromatic heterocycles. The van der Waals surface area contributed by atoms with E-state index >= 15 is 0 Å². The van der Waals surface area contributed by atoms with Gasteiger partial charge in [0.2, 0.25) is 5.91 Å². The van der Waals surface area contributed by atoms with E-state index in [0.29, 0.717) is 10.8 Å². The molecular formula is C10H10ClNO2. The summed E-state index contributed by atoms with van der Waals surface area (Å²) in [5.74, 6) is 0.108. The molecule has 0 atom stereocenters. The number of hydrogen-bond donors (Lipinski definition) is 1. The highest BCUT2D eigenvalue weighted by Crippen LogP contribution is 2.23. The molecule has 0 fully saturated rings. The quantitative estimate of drug-likeness (QED) is 0.776. The van der Waals surface area contributed by atoms with Gasteiger partial charge in [-0.15, -0.1) is 0 Å². The van der Waals surface area contributed by atoms with Gasteiger partial charge in [0.25, 0.3) is 0 Å². The summed E-state index contributed by atoms with van der Waals surface area (Å²) >= 11 is 5.76. The molecule has 1 aromatic carbocycles. The average molecular weight is 212 g/mol. The standard InChI is InChI=1S/C10H10ClNO2/c1-14-9-6-8(11)4-2-7(9)3-5-10(12)13/h2-6H,1H3,(H2,12,13). The second-order valence-electron chi connectivity index (χ2n) is 2.62. The zero-order valence-corrected chi connectivity index (χ0v) is 8.41. The van der Waals surface area contributed by atoms with Crippen molar-refractivity contribution in [3.8, 4) is 5.75 Å². The van der Waals surface area contributed by atoms with Gasteiger partial charge in [0.1, 0.15) is 5.75 Å². The fourth-order valence-corrected chi connectivity index (χ4v) is 1.16. The van der Waals surface area contributed by atoms with Crippen LogP contribution in [0.15, 0.2) is 24.3 Å². The van der Waals surface area contributed by atoms with Crippen LogP contribution in [-0.4, -0.2) is 13.0 Å². The topological polar surface area (TPSA) is 52.3 Å². The summed E-state index contributed by atoms with van der Waals surface area (Å²) in [6, 6.07) is 5.13. The molecule has 1 aromatic rings. The first-order chi connectivity index (χ1) is 6.63. The Morgan fingerprint density at radius 1 is 1.57 bits per heavy atom. The molecular weight excluding hydrogens is 202 g/mol. The van der Waals surface area contributed by atoms with Crippen LogP contribution in [0.5, 0.6) is 5.75 Å². The lowest BCUT2D eigenvalue weighted by molar-refractivity contribution is -0.113. The minimum absolute atomic E-state index is 0.498. The maximum absolute atomic E-state index is 10.5. The van der Waals surface area contributed by atoms with Crippen molar-refractivity contribution in [2.45, 2.75) is 0 Å². The Labute approximate surface area is 87.1 Å². The van der Waals surface area contributed by atoms with Crippen LogP contribution >= 0.6 is 11.6 Å². The summed E-state index contributed by atoms with van der Waals surface area (Å²) in [6.45, 7) is 0. The molecule has 1 amide bonds. The van der Waals surface area contributed by atoms with Crippen LogP contribution in [0.4, 0.5) is 0 Å². The largest absolute Gasteiger partial charge is 0.496 e. The van der Waals surface area contributed by atoms with Crippen LogP contribution in [0.25, 0.3) is 6.08 Å². The number of ether oxygens (including phenoxy) is 1. The molecule has 0 aliphatic rings. The van der Waals surface area contributed by atoms with Crippen molar-refractivity contribution in [3.05, 3.63) is 34.9 Å². The fraction of sp³-hybridized carbons (Fsp3) is 0.100. The van der Waals surface area contributed by atoms with E-state index in [-0.39, 0.29) is 0 Å². The van der Waals surface area contributed by atoms with Gasteiger partial charge >= 0.3 is 0 Å². The van der Waals surface area contributed by atoms with Crippen molar-refractivity contribution < 1.29 is 9.53 Å². The Bertz CT molecular complexity index is 374. The lowest BCUT2D eigenvalue weighted by Gasteiger charge is -2.04. The number of benzene rings is 1. The van der Waals surface area contributed by atoms with Crippen molar-refractivity contribution in [2.24, 2.45) is 5.73 Å². The van der Waals surface area contributed by atoms with Gasteiger partial charge in [-0.2, -0.15) is 0 Å². The van der Waals surface area contributed by atoms with E-state index in [1.165, 1.54) is 13.2 Å². The predicted octanol–water partition coefficient (Wildman–Crippen LogP) is 1.85. The Balaban J connectivity index is 3.02. The van der Waals surface area contributed by atoms with E-state index in [2.05, 4.69) is 0 Å². The van der Waals surface area contributed by atoms with Gasteiger partial charge in [0, 0.05) is 16.7 Å². The number of methoxy groups -OCH3 is 1. The van der Waals surface area contributed by atoms with E-state index in [0.717, 1.165) is 5.56 Å². The van der Waals surface area contributed by atoms with Crippen molar-refractivity contribution in [1.29, 1.82) is 0 Å². The molecule has 4 heteroatoms. The second kappa shape index (κ2) is 4.67. The third-order valence-corrected chi connectivity index (χ3v) is 1.86. The number of carbonyl (C=O) groups is 1. The maximum atomic E-state index is 10.5. The zero-order chi connectivity index (χ0) is 10.6. The van der Waals surface area contributed by atoms with Crippen LogP contribution in [-0.2, 0) is 4.79 Å². The van der Waals surface area contributed by atoms with Crippen LogP contribution in [0.2, 0.25) is 5.02 Å². The highest BCUT2D eigenvalue weighted by Gasteiger charge is 2.00. The normalized spacial score (nSPS) is 10.4. The SMILES string of the molecule is COc1cc(Cl)ccc1C=CC(N)=O. The Morgan fingerprint density at radius 2 is 2.29 bits per heavy atom. The first kappa shape index (κ1) is 10.6. The molecule has 0 radical (unpaired) electrons. The molecule has 74 valence electrons. The first-order valence-corrected chi connectivity index (χ1v) is 4.32. The molecule has 0 aliphatic carbocycles. The van der Waals surface area contributed by atoms with Gasteiger partial charge in [-0.3, -0.25) is 4.79 Å². The smallest absolute Gasteiger partial charge is 0.241 e. The summed E-state index contributed by atoms with van der Waals surface area (Å²) in [7, 11) is 1.53. The third-order valence-electron chi connectivity index (χ3n) is 1.62. The monoisotopic (exact) mass is 211 g/mol. The molecule has 0 saturated heterocycles. The molecule has 0 aliphatic heterocycles. The summed E-state index contributed by atoms with van der Waals surface area (Å²) in [5.41, 5.74) is 5.73. The zero-order valence-electron chi connectivity index (χ0n) is 7.66. The van der Waals surface area contributed by atoms with E-state index in [9.17, 15) is 4.79 Å². The number of halogens is 1. The lowest BCUT2D eigenvalue weighted by atomic mass is 10.2. The predicted molar refractivity (Wildman–Crippen MR) is 56.2 cm³/mol. The van der Waals surface area contributed by atoms with Crippen molar-refractivity contribution in [1.82, 2.24) is 0 Å². The number of primary amides is 1. The van der Waals surface area contributed by atoms with Gasteiger partial charge in [-0.05, 0) is 24.3 Å². The van der Waals surface area contributed by atoms with Crippen LogP contribution in [0, 0.1) is 0 Å². The number of rotatable bonds is 3. The number of nitrogens with two attached hydrogens (primary N) is 1. The van der Waals surface area contributed by atoms with Gasteiger partial charge in [0.15, 0.2) is 0 Å². The lowest BCUT2D eigenvalue weighted by Crippen LogP contribution is -2.05. The van der Waals surface area contributed by atoms with E-state index < -0.39 is 5.91 Å². The molecule has 14 heavy (non-hydrogen) atoms. The average Bonchev–Trinajstić information content (AvgIpc) is 2.15. The Hall–Kier alpha value is -1.48. The summed E-state index contributed by atoms with van der Waals surface area (Å²) in [4.78, 5) is 10.5. The van der Waals surface area contributed by atoms with Crippen molar-refractivity contribution >= 4 is 23.6 Å². The van der Waals surface area contributed by atoms with E-state index in [1.54, 1.807) is 24.3 Å². The molecule has 0 saturated carbocycles. The third kappa shape index (κ3) is 2.78. The molecule has 0 heterocycles. The van der Waals surface area contributed by atoms with E-state index in [1.807, 2.05) is 0 Å².